The van der Waals surface area contributed by atoms with Gasteiger partial charge in [0.25, 0.3) is 5.91 Å². The van der Waals surface area contributed by atoms with Crippen LogP contribution in [0.3, 0.4) is 0 Å². The van der Waals surface area contributed by atoms with E-state index in [1.165, 1.54) is 0 Å². The van der Waals surface area contributed by atoms with Crippen molar-refractivity contribution >= 4 is 34.2 Å². The van der Waals surface area contributed by atoms with E-state index in [0.717, 1.165) is 14.8 Å². The molecule has 1 N–H and O–H groups in total. The van der Waals surface area contributed by atoms with Crippen LogP contribution in [0.4, 0.5) is 0 Å². The summed E-state index contributed by atoms with van der Waals surface area (Å²) in [4.78, 5) is 12.1. The number of hydrogen-bond donors (Lipinski definition) is 1. The van der Waals surface area contributed by atoms with E-state index in [2.05, 4.69) is 33.1 Å². The SMILES string of the molecule is C/C(=N/NC(=O)c1ccc2c(c1)OCO2)c1ccc(I)cc1. The number of ether oxygens (including phenoxy) is 2. The van der Waals surface area contributed by atoms with E-state index >= 15 is 0 Å². The standard InChI is InChI=1S/C16H13IN2O3/c1-10(11-2-5-13(17)6-3-11)18-19-16(20)12-4-7-14-15(8-12)22-9-21-14/h2-8H,9H2,1H3,(H,19,20)/b18-10-. The number of fused-ring (bicyclic) bond motifs is 1. The molecule has 0 aliphatic carbocycles. The monoisotopic (exact) mass is 408 g/mol. The molecule has 0 spiro atoms. The third-order valence-electron chi connectivity index (χ3n) is 3.22. The molecule has 112 valence electrons. The van der Waals surface area contributed by atoms with Crippen molar-refractivity contribution in [2.45, 2.75) is 6.92 Å². The summed E-state index contributed by atoms with van der Waals surface area (Å²) in [7, 11) is 0. The van der Waals surface area contributed by atoms with E-state index < -0.39 is 0 Å². The van der Waals surface area contributed by atoms with Gasteiger partial charge in [0, 0.05) is 9.13 Å². The molecule has 0 aromatic heterocycles. The van der Waals surface area contributed by atoms with E-state index in [-0.39, 0.29) is 12.7 Å². The van der Waals surface area contributed by atoms with Gasteiger partial charge in [-0.2, -0.15) is 5.10 Å². The maximum Gasteiger partial charge on any atom is 0.271 e. The minimum absolute atomic E-state index is 0.185. The third-order valence-corrected chi connectivity index (χ3v) is 3.94. The Kier molecular flexibility index (Phi) is 4.28. The molecule has 1 aliphatic rings. The fourth-order valence-corrected chi connectivity index (χ4v) is 2.35. The average Bonchev–Trinajstić information content (AvgIpc) is 3.00. The zero-order valence-corrected chi connectivity index (χ0v) is 14.0. The lowest BCUT2D eigenvalue weighted by Gasteiger charge is -2.04. The molecular formula is C16H13IN2O3. The number of rotatable bonds is 3. The van der Waals surface area contributed by atoms with Gasteiger partial charge in [-0.1, -0.05) is 12.1 Å². The van der Waals surface area contributed by atoms with Crippen molar-refractivity contribution in [2.75, 3.05) is 6.79 Å². The summed E-state index contributed by atoms with van der Waals surface area (Å²) in [5.74, 6) is 0.935. The van der Waals surface area contributed by atoms with Crippen molar-refractivity contribution in [2.24, 2.45) is 5.10 Å². The van der Waals surface area contributed by atoms with Gasteiger partial charge in [-0.15, -0.1) is 0 Å². The summed E-state index contributed by atoms with van der Waals surface area (Å²) in [5.41, 5.74) is 4.73. The molecular weight excluding hydrogens is 395 g/mol. The molecule has 0 atom stereocenters. The third kappa shape index (κ3) is 3.22. The Morgan fingerprint density at radius 1 is 1.09 bits per heavy atom. The van der Waals surface area contributed by atoms with E-state index in [4.69, 9.17) is 9.47 Å². The predicted octanol–water partition coefficient (Wildman–Crippen LogP) is 3.17. The Bertz CT molecular complexity index is 742. The lowest BCUT2D eigenvalue weighted by Crippen LogP contribution is -2.19. The van der Waals surface area contributed by atoms with Gasteiger partial charge in [-0.25, -0.2) is 5.43 Å². The molecule has 2 aromatic rings. The Labute approximate surface area is 141 Å². The van der Waals surface area contributed by atoms with Gasteiger partial charge < -0.3 is 9.47 Å². The van der Waals surface area contributed by atoms with Crippen molar-refractivity contribution in [1.82, 2.24) is 5.43 Å². The van der Waals surface area contributed by atoms with Gasteiger partial charge in [0.15, 0.2) is 11.5 Å². The van der Waals surface area contributed by atoms with Crippen LogP contribution in [-0.4, -0.2) is 18.4 Å². The minimum atomic E-state index is -0.289. The molecule has 0 fully saturated rings. The summed E-state index contributed by atoms with van der Waals surface area (Å²) in [6.07, 6.45) is 0. The predicted molar refractivity (Wildman–Crippen MR) is 91.4 cm³/mol. The van der Waals surface area contributed by atoms with Crippen molar-refractivity contribution in [3.8, 4) is 11.5 Å². The highest BCUT2D eigenvalue weighted by atomic mass is 127. The number of carbonyl (C=O) groups is 1. The molecule has 0 saturated heterocycles. The fraction of sp³-hybridized carbons (Fsp3) is 0.125. The topological polar surface area (TPSA) is 59.9 Å². The Balaban J connectivity index is 1.71. The van der Waals surface area contributed by atoms with Crippen molar-refractivity contribution in [3.63, 3.8) is 0 Å². The van der Waals surface area contributed by atoms with Crippen LogP contribution in [0.1, 0.15) is 22.8 Å². The van der Waals surface area contributed by atoms with E-state index in [0.29, 0.717) is 17.1 Å². The summed E-state index contributed by atoms with van der Waals surface area (Å²) in [6.45, 7) is 2.03. The van der Waals surface area contributed by atoms with E-state index in [9.17, 15) is 4.79 Å². The van der Waals surface area contributed by atoms with E-state index in [1.807, 2.05) is 31.2 Å². The highest BCUT2D eigenvalue weighted by molar-refractivity contribution is 14.1. The second kappa shape index (κ2) is 6.35. The number of hydrazone groups is 1. The lowest BCUT2D eigenvalue weighted by atomic mass is 10.1. The van der Waals surface area contributed by atoms with Crippen LogP contribution in [-0.2, 0) is 0 Å². The second-order valence-electron chi connectivity index (χ2n) is 4.71. The highest BCUT2D eigenvalue weighted by Gasteiger charge is 2.16. The first-order chi connectivity index (χ1) is 10.6. The normalized spacial score (nSPS) is 13.1. The number of carbonyl (C=O) groups excluding carboxylic acids is 1. The summed E-state index contributed by atoms with van der Waals surface area (Å²) in [5, 5.41) is 4.14. The van der Waals surface area contributed by atoms with Crippen LogP contribution in [0, 0.1) is 3.57 Å². The molecule has 2 aromatic carbocycles. The maximum atomic E-state index is 12.1. The molecule has 1 aliphatic heterocycles. The van der Waals surface area contributed by atoms with Gasteiger partial charge in [0.05, 0.1) is 5.71 Å². The molecule has 6 heteroatoms. The number of nitrogens with zero attached hydrogens (tertiary/aromatic N) is 1. The molecule has 0 radical (unpaired) electrons. The Morgan fingerprint density at radius 3 is 2.55 bits per heavy atom. The minimum Gasteiger partial charge on any atom is -0.454 e. The zero-order valence-electron chi connectivity index (χ0n) is 11.8. The Hall–Kier alpha value is -2.09. The zero-order chi connectivity index (χ0) is 15.5. The number of benzene rings is 2. The molecule has 0 unspecified atom stereocenters. The molecule has 0 bridgehead atoms. The quantitative estimate of drug-likeness (QED) is 0.482. The number of amides is 1. The van der Waals surface area contributed by atoms with Crippen molar-refractivity contribution in [3.05, 3.63) is 57.2 Å². The van der Waals surface area contributed by atoms with E-state index in [1.54, 1.807) is 18.2 Å². The summed E-state index contributed by atoms with van der Waals surface area (Å²) in [6, 6.07) is 13.0. The van der Waals surface area contributed by atoms with Crippen LogP contribution in [0.25, 0.3) is 0 Å². The number of hydrogen-bond acceptors (Lipinski definition) is 4. The molecule has 5 nitrogen and oxygen atoms in total. The molecule has 0 saturated carbocycles. The van der Waals surface area contributed by atoms with Crippen LogP contribution >= 0.6 is 22.6 Å². The van der Waals surface area contributed by atoms with Gasteiger partial charge in [0.1, 0.15) is 0 Å². The maximum absolute atomic E-state index is 12.1. The van der Waals surface area contributed by atoms with Gasteiger partial charge in [-0.3, -0.25) is 4.79 Å². The molecule has 22 heavy (non-hydrogen) atoms. The number of nitrogens with one attached hydrogen (secondary N) is 1. The fourth-order valence-electron chi connectivity index (χ4n) is 1.99. The number of halogens is 1. The first kappa shape index (κ1) is 14.8. The van der Waals surface area contributed by atoms with Crippen LogP contribution < -0.4 is 14.9 Å². The lowest BCUT2D eigenvalue weighted by molar-refractivity contribution is 0.0954. The summed E-state index contributed by atoms with van der Waals surface area (Å²) >= 11 is 2.24. The second-order valence-corrected chi connectivity index (χ2v) is 5.96. The van der Waals surface area contributed by atoms with Crippen LogP contribution in [0.15, 0.2) is 47.6 Å². The largest absolute Gasteiger partial charge is 0.454 e. The Morgan fingerprint density at radius 2 is 1.77 bits per heavy atom. The van der Waals surface area contributed by atoms with Crippen molar-refractivity contribution < 1.29 is 14.3 Å². The van der Waals surface area contributed by atoms with Gasteiger partial charge in [-0.05, 0) is 65.4 Å². The van der Waals surface area contributed by atoms with Gasteiger partial charge in [0.2, 0.25) is 6.79 Å². The highest BCUT2D eigenvalue weighted by Crippen LogP contribution is 2.32. The van der Waals surface area contributed by atoms with Crippen LogP contribution in [0.2, 0.25) is 0 Å². The molecule has 1 heterocycles. The van der Waals surface area contributed by atoms with Gasteiger partial charge >= 0.3 is 0 Å². The summed E-state index contributed by atoms with van der Waals surface area (Å²) < 4.78 is 11.6. The van der Waals surface area contributed by atoms with Crippen molar-refractivity contribution in [1.29, 1.82) is 0 Å². The first-order valence-electron chi connectivity index (χ1n) is 6.64. The molecule has 1 amide bonds. The average molecular weight is 408 g/mol. The smallest absolute Gasteiger partial charge is 0.271 e. The first-order valence-corrected chi connectivity index (χ1v) is 7.71. The van der Waals surface area contributed by atoms with Crippen LogP contribution in [0.5, 0.6) is 11.5 Å². The molecule has 3 rings (SSSR count).